The van der Waals surface area contributed by atoms with Crippen LogP contribution in [0.2, 0.25) is 0 Å². The number of nitrogens with zero attached hydrogens (tertiary/aromatic N) is 4. The number of amides is 1. The second kappa shape index (κ2) is 9.70. The Labute approximate surface area is 199 Å². The van der Waals surface area contributed by atoms with E-state index in [9.17, 15) is 13.2 Å². The van der Waals surface area contributed by atoms with Gasteiger partial charge in [0.2, 0.25) is 15.9 Å². The van der Waals surface area contributed by atoms with Crippen LogP contribution in [0.25, 0.3) is 11.3 Å². The van der Waals surface area contributed by atoms with E-state index in [0.29, 0.717) is 26.2 Å². The Morgan fingerprint density at radius 3 is 2.27 bits per heavy atom. The Morgan fingerprint density at radius 1 is 1.00 bits per heavy atom. The van der Waals surface area contributed by atoms with E-state index in [1.165, 1.54) is 21.6 Å². The van der Waals surface area contributed by atoms with Crippen LogP contribution in [0.3, 0.4) is 0 Å². The van der Waals surface area contributed by atoms with Gasteiger partial charge in [-0.1, -0.05) is 59.8 Å². The zero-order valence-electron chi connectivity index (χ0n) is 19.0. The fraction of sp³-hybridized carbons (Fsp3) is 0.333. The minimum atomic E-state index is -3.54. The van der Waals surface area contributed by atoms with Crippen LogP contribution >= 0.6 is 11.8 Å². The van der Waals surface area contributed by atoms with Gasteiger partial charge in [0.25, 0.3) is 0 Å². The predicted octanol–water partition coefficient (Wildman–Crippen LogP) is 3.41. The van der Waals surface area contributed by atoms with Gasteiger partial charge in [-0.25, -0.2) is 13.4 Å². The molecular weight excluding hydrogens is 456 g/mol. The third-order valence-electron chi connectivity index (χ3n) is 5.85. The number of benzene rings is 2. The van der Waals surface area contributed by atoms with E-state index in [4.69, 9.17) is 0 Å². The van der Waals surface area contributed by atoms with Crippen LogP contribution in [0.4, 0.5) is 0 Å². The largest absolute Gasteiger partial charge is 0.339 e. The van der Waals surface area contributed by atoms with Crippen molar-refractivity contribution in [1.29, 1.82) is 0 Å². The highest BCUT2D eigenvalue weighted by molar-refractivity contribution is 8.00. The number of aryl methyl sites for hydroxylation is 1. The maximum Gasteiger partial charge on any atom is 0.243 e. The topological polar surface area (TPSA) is 75.5 Å². The maximum atomic E-state index is 13.1. The summed E-state index contributed by atoms with van der Waals surface area (Å²) >= 11 is 1.42. The second-order valence-electron chi connectivity index (χ2n) is 8.15. The number of sulfonamides is 1. The summed E-state index contributed by atoms with van der Waals surface area (Å²) in [7, 11) is -1.58. The molecular formula is C24H28N4O3S2. The Balaban J connectivity index is 1.37. The molecule has 0 saturated carbocycles. The van der Waals surface area contributed by atoms with E-state index in [-0.39, 0.29) is 16.1 Å². The first-order valence-corrected chi connectivity index (χ1v) is 13.2. The number of piperazine rings is 1. The van der Waals surface area contributed by atoms with E-state index in [2.05, 4.69) is 36.2 Å². The van der Waals surface area contributed by atoms with Crippen LogP contribution in [0.15, 0.2) is 70.8 Å². The molecule has 1 saturated heterocycles. The molecule has 9 heteroatoms. The molecule has 1 aromatic heterocycles. The van der Waals surface area contributed by atoms with Gasteiger partial charge < -0.3 is 9.47 Å². The first-order chi connectivity index (χ1) is 15.8. The average Bonchev–Trinajstić information content (AvgIpc) is 3.19. The van der Waals surface area contributed by atoms with Gasteiger partial charge in [-0.3, -0.25) is 4.79 Å². The van der Waals surface area contributed by atoms with Gasteiger partial charge in [-0.15, -0.1) is 0 Å². The molecule has 0 aliphatic carbocycles. The summed E-state index contributed by atoms with van der Waals surface area (Å²) in [5.41, 5.74) is 3.28. The van der Waals surface area contributed by atoms with E-state index >= 15 is 0 Å². The van der Waals surface area contributed by atoms with Crippen LogP contribution in [0, 0.1) is 6.92 Å². The molecule has 1 fully saturated rings. The first-order valence-electron chi connectivity index (χ1n) is 10.9. The predicted molar refractivity (Wildman–Crippen MR) is 130 cm³/mol. The Bertz CT molecular complexity index is 1220. The SMILES string of the molecule is Cc1ccc(-c2cnc(SC(C)C(=O)N3CCN(S(=O)(=O)c4ccccc4)CC3)n2C)cc1. The molecule has 1 amide bonds. The van der Waals surface area contributed by atoms with Crippen molar-refractivity contribution in [2.45, 2.75) is 29.1 Å². The van der Waals surface area contributed by atoms with Crippen molar-refractivity contribution in [1.82, 2.24) is 18.8 Å². The van der Waals surface area contributed by atoms with E-state index in [1.807, 2.05) is 24.7 Å². The smallest absolute Gasteiger partial charge is 0.243 e. The van der Waals surface area contributed by atoms with E-state index in [0.717, 1.165) is 16.4 Å². The molecule has 2 aromatic carbocycles. The van der Waals surface area contributed by atoms with Gasteiger partial charge >= 0.3 is 0 Å². The molecule has 1 aliphatic heterocycles. The number of imidazole rings is 1. The summed E-state index contributed by atoms with van der Waals surface area (Å²) in [5.74, 6) is -0.00311. The Kier molecular flexibility index (Phi) is 6.92. The average molecular weight is 485 g/mol. The minimum absolute atomic E-state index is 0.00311. The number of hydrogen-bond donors (Lipinski definition) is 0. The molecule has 0 N–H and O–H groups in total. The van der Waals surface area contributed by atoms with Gasteiger partial charge in [0.1, 0.15) is 0 Å². The van der Waals surface area contributed by atoms with Crippen molar-refractivity contribution in [2.75, 3.05) is 26.2 Å². The standard InChI is InChI=1S/C24H28N4O3S2/c1-18-9-11-20(12-10-18)22-17-25-24(26(22)3)32-19(2)23(29)27-13-15-28(16-14-27)33(30,31)21-7-5-4-6-8-21/h4-12,17,19H,13-16H2,1-3H3. The van der Waals surface area contributed by atoms with E-state index < -0.39 is 10.0 Å². The summed E-state index contributed by atoms with van der Waals surface area (Å²) in [6.45, 7) is 5.27. The van der Waals surface area contributed by atoms with Gasteiger partial charge in [0.15, 0.2) is 5.16 Å². The first kappa shape index (κ1) is 23.5. The van der Waals surface area contributed by atoms with Crippen LogP contribution in [-0.4, -0.2) is 64.5 Å². The zero-order valence-corrected chi connectivity index (χ0v) is 20.6. The number of carbonyl (C=O) groups excluding carboxylic acids is 1. The van der Waals surface area contributed by atoms with Crippen LogP contribution < -0.4 is 0 Å². The third-order valence-corrected chi connectivity index (χ3v) is 8.91. The molecule has 0 radical (unpaired) electrons. The number of carbonyl (C=O) groups is 1. The quantitative estimate of drug-likeness (QED) is 0.501. The molecule has 0 bridgehead atoms. The molecule has 2 heterocycles. The lowest BCUT2D eigenvalue weighted by atomic mass is 10.1. The third kappa shape index (κ3) is 5.00. The van der Waals surface area contributed by atoms with Crippen LogP contribution in [0.5, 0.6) is 0 Å². The summed E-state index contributed by atoms with van der Waals surface area (Å²) in [6, 6.07) is 16.7. The lowest BCUT2D eigenvalue weighted by molar-refractivity contribution is -0.131. The molecule has 3 aromatic rings. The maximum absolute atomic E-state index is 13.1. The fourth-order valence-electron chi connectivity index (χ4n) is 3.85. The number of aromatic nitrogens is 2. The minimum Gasteiger partial charge on any atom is -0.339 e. The van der Waals surface area contributed by atoms with Crippen molar-refractivity contribution in [3.63, 3.8) is 0 Å². The molecule has 33 heavy (non-hydrogen) atoms. The van der Waals surface area contributed by atoms with Crippen molar-refractivity contribution in [2.24, 2.45) is 7.05 Å². The van der Waals surface area contributed by atoms with Crippen LogP contribution in [-0.2, 0) is 21.9 Å². The summed E-state index contributed by atoms with van der Waals surface area (Å²) in [5, 5.41) is 0.450. The number of hydrogen-bond acceptors (Lipinski definition) is 5. The summed E-state index contributed by atoms with van der Waals surface area (Å²) in [4.78, 5) is 19.6. The van der Waals surface area contributed by atoms with Crippen molar-refractivity contribution in [3.05, 3.63) is 66.4 Å². The van der Waals surface area contributed by atoms with Gasteiger partial charge in [-0.2, -0.15) is 4.31 Å². The fourth-order valence-corrected chi connectivity index (χ4v) is 6.23. The molecule has 1 atom stereocenters. The Hall–Kier alpha value is -2.62. The summed E-state index contributed by atoms with van der Waals surface area (Å²) in [6.07, 6.45) is 1.83. The molecule has 7 nitrogen and oxygen atoms in total. The highest BCUT2D eigenvalue weighted by Crippen LogP contribution is 2.29. The second-order valence-corrected chi connectivity index (χ2v) is 11.4. The Morgan fingerprint density at radius 2 is 1.64 bits per heavy atom. The zero-order chi connectivity index (χ0) is 23.6. The molecule has 1 aliphatic rings. The lowest BCUT2D eigenvalue weighted by Gasteiger charge is -2.35. The monoisotopic (exact) mass is 484 g/mol. The molecule has 0 spiro atoms. The summed E-state index contributed by atoms with van der Waals surface area (Å²) < 4.78 is 29.1. The lowest BCUT2D eigenvalue weighted by Crippen LogP contribution is -2.52. The number of rotatable bonds is 6. The molecule has 174 valence electrons. The van der Waals surface area contributed by atoms with Crippen molar-refractivity contribution in [3.8, 4) is 11.3 Å². The van der Waals surface area contributed by atoms with E-state index in [1.54, 1.807) is 35.2 Å². The van der Waals surface area contributed by atoms with Crippen molar-refractivity contribution >= 4 is 27.7 Å². The van der Waals surface area contributed by atoms with Crippen molar-refractivity contribution < 1.29 is 13.2 Å². The van der Waals surface area contributed by atoms with Gasteiger partial charge in [-0.05, 0) is 31.5 Å². The molecule has 4 rings (SSSR count). The van der Waals surface area contributed by atoms with Gasteiger partial charge in [0, 0.05) is 33.2 Å². The molecule has 1 unspecified atom stereocenters. The van der Waals surface area contributed by atoms with Gasteiger partial charge in [0.05, 0.1) is 22.0 Å². The highest BCUT2D eigenvalue weighted by Gasteiger charge is 2.32. The normalized spacial score (nSPS) is 16.0. The highest BCUT2D eigenvalue weighted by atomic mass is 32.2. The van der Waals surface area contributed by atoms with Crippen LogP contribution in [0.1, 0.15) is 12.5 Å². The number of thioether (sulfide) groups is 1.